The highest BCUT2D eigenvalue weighted by Gasteiger charge is 2.30. The molecule has 0 bridgehead atoms. The summed E-state index contributed by atoms with van der Waals surface area (Å²) in [5.74, 6) is 1.70. The molecule has 20 heavy (non-hydrogen) atoms. The number of halogens is 1. The van der Waals surface area contributed by atoms with Crippen molar-refractivity contribution in [3.8, 4) is 0 Å². The number of rotatable bonds is 3. The third-order valence-electron chi connectivity index (χ3n) is 4.32. The van der Waals surface area contributed by atoms with E-state index in [4.69, 9.17) is 0 Å². The summed E-state index contributed by atoms with van der Waals surface area (Å²) in [4.78, 5) is 13.9. The Morgan fingerprint density at radius 2 is 2.05 bits per heavy atom. The van der Waals surface area contributed by atoms with Crippen LogP contribution in [0.25, 0.3) is 0 Å². The van der Waals surface area contributed by atoms with Gasteiger partial charge in [0, 0.05) is 32.4 Å². The van der Waals surface area contributed by atoms with E-state index in [9.17, 15) is 0 Å². The number of likely N-dealkylation sites (tertiary alicyclic amines) is 1. The molecule has 110 valence electrons. The Morgan fingerprint density at radius 3 is 2.80 bits per heavy atom. The second-order valence-electron chi connectivity index (χ2n) is 5.60. The number of nitrogens with zero attached hydrogens (tertiary/aromatic N) is 4. The number of hydrogen-bond acceptors (Lipinski definition) is 5. The Balaban J connectivity index is 1.70. The Morgan fingerprint density at radius 1 is 1.25 bits per heavy atom. The second-order valence-corrected chi connectivity index (χ2v) is 6.45. The monoisotopic (exact) mass is 339 g/mol. The average molecular weight is 340 g/mol. The zero-order chi connectivity index (χ0) is 13.9. The van der Waals surface area contributed by atoms with Gasteiger partial charge in [-0.2, -0.15) is 4.98 Å². The van der Waals surface area contributed by atoms with E-state index in [-0.39, 0.29) is 0 Å². The van der Waals surface area contributed by atoms with Crippen LogP contribution in [0.1, 0.15) is 25.7 Å². The van der Waals surface area contributed by atoms with Crippen LogP contribution < -0.4 is 10.2 Å². The third kappa shape index (κ3) is 2.91. The maximum Gasteiger partial charge on any atom is 0.224 e. The normalized spacial score (nSPS) is 24.1. The van der Waals surface area contributed by atoms with Crippen LogP contribution in [-0.2, 0) is 0 Å². The van der Waals surface area contributed by atoms with Crippen LogP contribution >= 0.6 is 15.9 Å². The van der Waals surface area contributed by atoms with Crippen LogP contribution in [0.4, 0.5) is 11.8 Å². The topological polar surface area (TPSA) is 44.3 Å². The van der Waals surface area contributed by atoms with Gasteiger partial charge >= 0.3 is 0 Å². The van der Waals surface area contributed by atoms with Crippen LogP contribution in [0.15, 0.2) is 10.7 Å². The molecule has 0 spiro atoms. The van der Waals surface area contributed by atoms with Gasteiger partial charge in [-0.15, -0.1) is 0 Å². The molecule has 2 saturated heterocycles. The molecule has 1 N–H and O–H groups in total. The molecule has 1 aromatic heterocycles. The third-order valence-corrected chi connectivity index (χ3v) is 4.88. The molecule has 0 aliphatic carbocycles. The number of anilines is 2. The van der Waals surface area contributed by atoms with Crippen LogP contribution in [0.3, 0.4) is 0 Å². The highest BCUT2D eigenvalue weighted by Crippen LogP contribution is 2.29. The second kappa shape index (κ2) is 6.26. The summed E-state index contributed by atoms with van der Waals surface area (Å²) < 4.78 is 0.982. The van der Waals surface area contributed by atoms with Crippen molar-refractivity contribution in [1.29, 1.82) is 0 Å². The standard InChI is InChI=1S/C14H22BrN5/c1-16-14-17-9-12(15)13(18-14)20-8-5-11(10-20)19-6-3-2-4-7-19/h9,11H,2-8,10H2,1H3,(H,16,17,18). The lowest BCUT2D eigenvalue weighted by Gasteiger charge is -2.32. The zero-order valence-electron chi connectivity index (χ0n) is 12.0. The molecule has 2 fully saturated rings. The smallest absolute Gasteiger partial charge is 0.224 e. The van der Waals surface area contributed by atoms with E-state index >= 15 is 0 Å². The molecule has 3 heterocycles. The Kier molecular flexibility index (Phi) is 4.41. The summed E-state index contributed by atoms with van der Waals surface area (Å²) in [6, 6.07) is 0.690. The molecule has 1 atom stereocenters. The first-order chi connectivity index (χ1) is 9.78. The Hall–Kier alpha value is -0.880. The van der Waals surface area contributed by atoms with Crippen molar-refractivity contribution in [1.82, 2.24) is 14.9 Å². The first-order valence-electron chi connectivity index (χ1n) is 7.47. The van der Waals surface area contributed by atoms with Gasteiger partial charge in [-0.05, 0) is 48.3 Å². The van der Waals surface area contributed by atoms with Crippen LogP contribution in [0.5, 0.6) is 0 Å². The largest absolute Gasteiger partial charge is 0.357 e. The van der Waals surface area contributed by atoms with E-state index < -0.39 is 0 Å². The maximum absolute atomic E-state index is 4.59. The van der Waals surface area contributed by atoms with Gasteiger partial charge in [-0.25, -0.2) is 4.98 Å². The van der Waals surface area contributed by atoms with Gasteiger partial charge in [0.25, 0.3) is 0 Å². The number of nitrogens with one attached hydrogen (secondary N) is 1. The van der Waals surface area contributed by atoms with Crippen molar-refractivity contribution < 1.29 is 0 Å². The van der Waals surface area contributed by atoms with Crippen molar-refractivity contribution >= 4 is 27.7 Å². The van der Waals surface area contributed by atoms with Crippen molar-refractivity contribution in [2.24, 2.45) is 0 Å². The maximum atomic E-state index is 4.59. The van der Waals surface area contributed by atoms with Gasteiger partial charge in [-0.1, -0.05) is 6.42 Å². The minimum atomic E-state index is 0.685. The molecule has 0 radical (unpaired) electrons. The van der Waals surface area contributed by atoms with E-state index in [0.717, 1.165) is 23.4 Å². The fraction of sp³-hybridized carbons (Fsp3) is 0.714. The molecule has 1 unspecified atom stereocenters. The molecule has 1 aromatic rings. The Bertz CT molecular complexity index is 461. The van der Waals surface area contributed by atoms with Crippen molar-refractivity contribution in [2.45, 2.75) is 31.7 Å². The first-order valence-corrected chi connectivity index (χ1v) is 8.26. The SMILES string of the molecule is CNc1ncc(Br)c(N2CCC(N3CCCCC3)C2)n1. The quantitative estimate of drug-likeness (QED) is 0.915. The fourth-order valence-corrected chi connectivity index (χ4v) is 3.66. The van der Waals surface area contributed by atoms with Crippen LogP contribution in [0.2, 0.25) is 0 Å². The van der Waals surface area contributed by atoms with Crippen molar-refractivity contribution in [3.05, 3.63) is 10.7 Å². The van der Waals surface area contributed by atoms with Crippen LogP contribution in [-0.4, -0.2) is 54.1 Å². The number of hydrogen-bond donors (Lipinski definition) is 1. The summed E-state index contributed by atoms with van der Waals surface area (Å²) in [6.07, 6.45) is 7.19. The van der Waals surface area contributed by atoms with E-state index in [1.807, 2.05) is 13.2 Å². The summed E-state index contributed by atoms with van der Waals surface area (Å²) in [6.45, 7) is 4.70. The van der Waals surface area contributed by atoms with Gasteiger partial charge in [0.05, 0.1) is 4.47 Å². The molecule has 5 nitrogen and oxygen atoms in total. The molecule has 6 heteroatoms. The van der Waals surface area contributed by atoms with Crippen LogP contribution in [0, 0.1) is 0 Å². The molecule has 0 amide bonds. The predicted octanol–water partition coefficient (Wildman–Crippen LogP) is 2.35. The highest BCUT2D eigenvalue weighted by molar-refractivity contribution is 9.10. The molecular formula is C14H22BrN5. The van der Waals surface area contributed by atoms with Crippen molar-refractivity contribution in [3.63, 3.8) is 0 Å². The van der Waals surface area contributed by atoms with E-state index in [1.54, 1.807) is 0 Å². The van der Waals surface area contributed by atoms with Gasteiger partial charge < -0.3 is 10.2 Å². The lowest BCUT2D eigenvalue weighted by Crippen LogP contribution is -2.41. The lowest BCUT2D eigenvalue weighted by molar-refractivity contribution is 0.175. The molecule has 2 aliphatic rings. The first kappa shape index (κ1) is 14.1. The molecule has 2 aliphatic heterocycles. The predicted molar refractivity (Wildman–Crippen MR) is 85.3 cm³/mol. The van der Waals surface area contributed by atoms with Gasteiger partial charge in [-0.3, -0.25) is 4.90 Å². The van der Waals surface area contributed by atoms with Gasteiger partial charge in [0.15, 0.2) is 0 Å². The average Bonchev–Trinajstić information content (AvgIpc) is 2.98. The summed E-state index contributed by atoms with van der Waals surface area (Å²) in [5, 5.41) is 3.01. The minimum absolute atomic E-state index is 0.685. The van der Waals surface area contributed by atoms with Gasteiger partial charge in [0.2, 0.25) is 5.95 Å². The molecule has 3 rings (SSSR count). The summed E-state index contributed by atoms with van der Waals surface area (Å²) >= 11 is 3.58. The lowest BCUT2D eigenvalue weighted by atomic mass is 10.1. The number of aromatic nitrogens is 2. The van der Waals surface area contributed by atoms with Gasteiger partial charge in [0.1, 0.15) is 5.82 Å². The zero-order valence-corrected chi connectivity index (χ0v) is 13.6. The number of piperidine rings is 1. The van der Waals surface area contributed by atoms with Crippen molar-refractivity contribution in [2.75, 3.05) is 43.4 Å². The summed E-state index contributed by atoms with van der Waals surface area (Å²) in [5.41, 5.74) is 0. The minimum Gasteiger partial charge on any atom is -0.357 e. The molecule has 0 aromatic carbocycles. The molecule has 0 saturated carbocycles. The van der Waals surface area contributed by atoms with E-state index in [2.05, 4.69) is 41.0 Å². The summed E-state index contributed by atoms with van der Waals surface area (Å²) in [7, 11) is 1.85. The van der Waals surface area contributed by atoms with E-state index in [0.29, 0.717) is 12.0 Å². The fourth-order valence-electron chi connectivity index (χ4n) is 3.22. The Labute approximate surface area is 128 Å². The van der Waals surface area contributed by atoms with E-state index in [1.165, 1.54) is 38.8 Å². The molecular weight excluding hydrogens is 318 g/mol. The highest BCUT2D eigenvalue weighted by atomic mass is 79.9.